The predicted octanol–water partition coefficient (Wildman–Crippen LogP) is 0.289. The molecule has 1 rings (SSSR count). The number of hydrogen-bond acceptors (Lipinski definition) is 4. The van der Waals surface area contributed by atoms with Crippen LogP contribution in [-0.4, -0.2) is 34.2 Å². The Morgan fingerprint density at radius 3 is 3.06 bits per heavy atom. The Labute approximate surface area is 99.8 Å². The van der Waals surface area contributed by atoms with E-state index in [9.17, 15) is 4.79 Å². The lowest BCUT2D eigenvalue weighted by molar-refractivity contribution is -0.122. The van der Waals surface area contributed by atoms with Crippen molar-refractivity contribution in [3.63, 3.8) is 0 Å². The molecule has 1 aromatic heterocycles. The summed E-state index contributed by atoms with van der Waals surface area (Å²) in [6.07, 6.45) is 6.38. The van der Waals surface area contributed by atoms with Gasteiger partial charge < -0.3 is 11.1 Å². The van der Waals surface area contributed by atoms with Gasteiger partial charge in [0.1, 0.15) is 6.04 Å². The molecule has 1 amide bonds. The van der Waals surface area contributed by atoms with Gasteiger partial charge in [0.15, 0.2) is 0 Å². The van der Waals surface area contributed by atoms with Crippen LogP contribution in [-0.2, 0) is 11.8 Å². The average molecular weight is 242 g/mol. The standard InChI is InChI=1S/C10H18N4OS/c1-14-7-8(6-13-14)9(11)10(15)12-4-3-5-16-2/h6-7,9H,3-5,11H2,1-2H3,(H,12,15). The number of aryl methyl sites for hydroxylation is 1. The molecule has 0 aromatic carbocycles. The minimum Gasteiger partial charge on any atom is -0.354 e. The second-order valence-electron chi connectivity index (χ2n) is 3.56. The number of thioether (sulfide) groups is 1. The van der Waals surface area contributed by atoms with Gasteiger partial charge in [-0.05, 0) is 18.4 Å². The van der Waals surface area contributed by atoms with Gasteiger partial charge in [-0.1, -0.05) is 0 Å². The van der Waals surface area contributed by atoms with Crippen LogP contribution in [0.3, 0.4) is 0 Å². The van der Waals surface area contributed by atoms with Crippen molar-refractivity contribution in [2.24, 2.45) is 12.8 Å². The number of carbonyl (C=O) groups is 1. The van der Waals surface area contributed by atoms with E-state index in [-0.39, 0.29) is 5.91 Å². The van der Waals surface area contributed by atoms with Crippen molar-refractivity contribution in [3.05, 3.63) is 18.0 Å². The maximum absolute atomic E-state index is 11.6. The summed E-state index contributed by atoms with van der Waals surface area (Å²) in [5.41, 5.74) is 6.54. The van der Waals surface area contributed by atoms with E-state index in [2.05, 4.69) is 10.4 Å². The molecule has 0 fully saturated rings. The summed E-state index contributed by atoms with van der Waals surface area (Å²) in [5, 5.41) is 6.79. The first-order valence-corrected chi connectivity index (χ1v) is 6.55. The summed E-state index contributed by atoms with van der Waals surface area (Å²) in [7, 11) is 1.80. The molecule has 0 bridgehead atoms. The third-order valence-corrected chi connectivity index (χ3v) is 2.89. The average Bonchev–Trinajstić information content (AvgIpc) is 2.70. The van der Waals surface area contributed by atoms with Gasteiger partial charge in [-0.15, -0.1) is 0 Å². The van der Waals surface area contributed by atoms with E-state index < -0.39 is 6.04 Å². The Hall–Kier alpha value is -1.01. The fraction of sp³-hybridized carbons (Fsp3) is 0.600. The molecular weight excluding hydrogens is 224 g/mol. The van der Waals surface area contributed by atoms with Crippen LogP contribution in [0.25, 0.3) is 0 Å². The highest BCUT2D eigenvalue weighted by atomic mass is 32.2. The Balaban J connectivity index is 2.36. The van der Waals surface area contributed by atoms with Gasteiger partial charge in [0.05, 0.1) is 6.20 Å². The minimum atomic E-state index is -0.622. The Kier molecular flexibility index (Phi) is 5.34. The number of carbonyl (C=O) groups excluding carboxylic acids is 1. The van der Waals surface area contributed by atoms with Crippen molar-refractivity contribution in [3.8, 4) is 0 Å². The first kappa shape index (κ1) is 13.1. The number of aromatic nitrogens is 2. The van der Waals surface area contributed by atoms with Crippen LogP contribution < -0.4 is 11.1 Å². The maximum Gasteiger partial charge on any atom is 0.241 e. The molecule has 0 radical (unpaired) electrons. The van der Waals surface area contributed by atoms with Crippen LogP contribution in [0.5, 0.6) is 0 Å². The number of nitrogens with one attached hydrogen (secondary N) is 1. The summed E-state index contributed by atoms with van der Waals surface area (Å²) in [6, 6.07) is -0.622. The van der Waals surface area contributed by atoms with Crippen LogP contribution in [0.15, 0.2) is 12.4 Å². The molecule has 0 saturated carbocycles. The highest BCUT2D eigenvalue weighted by Gasteiger charge is 2.16. The quantitative estimate of drug-likeness (QED) is 0.703. The van der Waals surface area contributed by atoms with Crippen LogP contribution in [0.1, 0.15) is 18.0 Å². The van der Waals surface area contributed by atoms with Crippen LogP contribution >= 0.6 is 11.8 Å². The molecule has 1 atom stereocenters. The molecule has 1 unspecified atom stereocenters. The minimum absolute atomic E-state index is 0.144. The van der Waals surface area contributed by atoms with Crippen molar-refractivity contribution >= 4 is 17.7 Å². The van der Waals surface area contributed by atoms with E-state index in [1.807, 2.05) is 6.26 Å². The fourth-order valence-electron chi connectivity index (χ4n) is 1.29. The lowest BCUT2D eigenvalue weighted by Gasteiger charge is -2.09. The SMILES string of the molecule is CSCCCNC(=O)C(N)c1cnn(C)c1. The topological polar surface area (TPSA) is 72.9 Å². The summed E-state index contributed by atoms with van der Waals surface area (Å²) in [6.45, 7) is 0.674. The van der Waals surface area contributed by atoms with Crippen molar-refractivity contribution in [2.45, 2.75) is 12.5 Å². The predicted molar refractivity (Wildman–Crippen MR) is 66.1 cm³/mol. The van der Waals surface area contributed by atoms with E-state index in [1.165, 1.54) is 0 Å². The maximum atomic E-state index is 11.6. The molecule has 6 heteroatoms. The third-order valence-electron chi connectivity index (χ3n) is 2.19. The van der Waals surface area contributed by atoms with Crippen LogP contribution in [0, 0.1) is 0 Å². The van der Waals surface area contributed by atoms with Crippen molar-refractivity contribution < 1.29 is 4.79 Å². The second-order valence-corrected chi connectivity index (χ2v) is 4.55. The highest BCUT2D eigenvalue weighted by molar-refractivity contribution is 7.98. The highest BCUT2D eigenvalue weighted by Crippen LogP contribution is 2.08. The Morgan fingerprint density at radius 1 is 1.75 bits per heavy atom. The van der Waals surface area contributed by atoms with Crippen molar-refractivity contribution in [2.75, 3.05) is 18.6 Å². The van der Waals surface area contributed by atoms with Gasteiger partial charge >= 0.3 is 0 Å². The lowest BCUT2D eigenvalue weighted by Crippen LogP contribution is -2.34. The zero-order valence-electron chi connectivity index (χ0n) is 9.64. The zero-order valence-corrected chi connectivity index (χ0v) is 10.5. The molecule has 0 aliphatic carbocycles. The molecule has 16 heavy (non-hydrogen) atoms. The molecule has 0 aliphatic rings. The van der Waals surface area contributed by atoms with Gasteiger partial charge in [0, 0.05) is 25.4 Å². The first-order valence-electron chi connectivity index (χ1n) is 5.16. The first-order chi connectivity index (χ1) is 7.65. The molecular formula is C10H18N4OS. The van der Waals surface area contributed by atoms with E-state index in [1.54, 1.807) is 35.9 Å². The lowest BCUT2D eigenvalue weighted by atomic mass is 10.1. The van der Waals surface area contributed by atoms with Gasteiger partial charge in [-0.3, -0.25) is 9.48 Å². The summed E-state index contributed by atoms with van der Waals surface area (Å²) in [5.74, 6) is 0.900. The summed E-state index contributed by atoms with van der Waals surface area (Å²) < 4.78 is 1.64. The Morgan fingerprint density at radius 2 is 2.50 bits per heavy atom. The summed E-state index contributed by atoms with van der Waals surface area (Å²) >= 11 is 1.77. The molecule has 3 N–H and O–H groups in total. The largest absolute Gasteiger partial charge is 0.354 e. The summed E-state index contributed by atoms with van der Waals surface area (Å²) in [4.78, 5) is 11.6. The molecule has 0 spiro atoms. The zero-order chi connectivity index (χ0) is 12.0. The van der Waals surface area contributed by atoms with Gasteiger partial charge in [-0.2, -0.15) is 16.9 Å². The molecule has 0 aliphatic heterocycles. The number of nitrogens with zero attached hydrogens (tertiary/aromatic N) is 2. The van der Waals surface area contributed by atoms with E-state index >= 15 is 0 Å². The third kappa shape index (κ3) is 3.86. The van der Waals surface area contributed by atoms with Crippen LogP contribution in [0.4, 0.5) is 0 Å². The number of rotatable bonds is 6. The normalized spacial score (nSPS) is 12.4. The second kappa shape index (κ2) is 6.55. The molecule has 5 nitrogen and oxygen atoms in total. The fourth-order valence-corrected chi connectivity index (χ4v) is 1.72. The van der Waals surface area contributed by atoms with E-state index in [0.717, 1.165) is 17.7 Å². The molecule has 90 valence electrons. The number of amides is 1. The monoisotopic (exact) mass is 242 g/mol. The number of hydrogen-bond donors (Lipinski definition) is 2. The van der Waals surface area contributed by atoms with Gasteiger partial charge in [-0.25, -0.2) is 0 Å². The van der Waals surface area contributed by atoms with Crippen molar-refractivity contribution in [1.29, 1.82) is 0 Å². The van der Waals surface area contributed by atoms with E-state index in [4.69, 9.17) is 5.73 Å². The van der Waals surface area contributed by atoms with Crippen LogP contribution in [0.2, 0.25) is 0 Å². The molecule has 1 heterocycles. The Bertz CT molecular complexity index is 339. The van der Waals surface area contributed by atoms with Gasteiger partial charge in [0.25, 0.3) is 0 Å². The molecule has 1 aromatic rings. The van der Waals surface area contributed by atoms with Crippen molar-refractivity contribution in [1.82, 2.24) is 15.1 Å². The van der Waals surface area contributed by atoms with Gasteiger partial charge in [0.2, 0.25) is 5.91 Å². The van der Waals surface area contributed by atoms with E-state index in [0.29, 0.717) is 6.54 Å². The number of nitrogens with two attached hydrogens (primary N) is 1. The smallest absolute Gasteiger partial charge is 0.241 e. The molecule has 0 saturated heterocycles.